The van der Waals surface area contributed by atoms with E-state index in [-0.39, 0.29) is 18.1 Å². The first-order chi connectivity index (χ1) is 6.65. The molecule has 1 amide bonds. The molecule has 1 heterocycles. The maximum Gasteiger partial charge on any atom is 0.249 e. The molecular weight excluding hydrogens is 180 g/mol. The zero-order valence-corrected chi connectivity index (χ0v) is 8.95. The van der Waals surface area contributed by atoms with Gasteiger partial charge in [0.2, 0.25) is 5.91 Å². The lowest BCUT2D eigenvalue weighted by Crippen LogP contribution is -2.47. The quantitative estimate of drug-likeness (QED) is 0.684. The lowest BCUT2D eigenvalue weighted by Gasteiger charge is -2.22. The van der Waals surface area contributed by atoms with E-state index in [1.807, 2.05) is 13.8 Å². The van der Waals surface area contributed by atoms with Crippen molar-refractivity contribution < 1.29 is 9.53 Å². The van der Waals surface area contributed by atoms with Crippen LogP contribution in [-0.4, -0.2) is 31.2 Å². The van der Waals surface area contributed by atoms with Crippen LogP contribution in [0.1, 0.15) is 26.7 Å². The summed E-state index contributed by atoms with van der Waals surface area (Å²) in [4.78, 5) is 11.6. The fourth-order valence-corrected chi connectivity index (χ4v) is 1.56. The first kappa shape index (κ1) is 11.5. The molecule has 1 saturated heterocycles. The molecule has 82 valence electrons. The van der Waals surface area contributed by atoms with Crippen molar-refractivity contribution in [2.45, 2.75) is 38.8 Å². The third kappa shape index (κ3) is 2.96. The Morgan fingerprint density at radius 3 is 2.79 bits per heavy atom. The highest BCUT2D eigenvalue weighted by molar-refractivity contribution is 5.81. The van der Waals surface area contributed by atoms with Crippen molar-refractivity contribution >= 4 is 5.91 Å². The molecule has 0 aromatic heterocycles. The number of nitrogens with two attached hydrogens (primary N) is 1. The lowest BCUT2D eigenvalue weighted by atomic mass is 10.0. The molecule has 4 heteroatoms. The highest BCUT2D eigenvalue weighted by atomic mass is 16.5. The molecule has 0 spiro atoms. The highest BCUT2D eigenvalue weighted by Crippen LogP contribution is 2.12. The number of ether oxygens (including phenoxy) is 1. The number of carbonyl (C=O) groups excluding carboxylic acids is 1. The van der Waals surface area contributed by atoms with E-state index < -0.39 is 0 Å². The van der Waals surface area contributed by atoms with Gasteiger partial charge < -0.3 is 15.8 Å². The molecule has 0 radical (unpaired) electrons. The second-order valence-corrected chi connectivity index (χ2v) is 4.10. The number of amides is 1. The Bertz CT molecular complexity index is 189. The van der Waals surface area contributed by atoms with Crippen LogP contribution in [0.15, 0.2) is 0 Å². The van der Waals surface area contributed by atoms with Gasteiger partial charge in [-0.05, 0) is 18.8 Å². The van der Waals surface area contributed by atoms with Crippen LogP contribution in [0.5, 0.6) is 0 Å². The van der Waals surface area contributed by atoms with Gasteiger partial charge in [0.1, 0.15) is 6.10 Å². The number of rotatable bonds is 4. The zero-order valence-electron chi connectivity index (χ0n) is 8.95. The summed E-state index contributed by atoms with van der Waals surface area (Å²) in [5, 5.41) is 2.92. The van der Waals surface area contributed by atoms with Crippen LogP contribution in [0.2, 0.25) is 0 Å². The molecular formula is C10H20N2O2. The van der Waals surface area contributed by atoms with Gasteiger partial charge in [0.05, 0.1) is 0 Å². The van der Waals surface area contributed by atoms with E-state index in [0.29, 0.717) is 19.1 Å². The monoisotopic (exact) mass is 200 g/mol. The molecule has 0 aromatic rings. The largest absolute Gasteiger partial charge is 0.368 e. The van der Waals surface area contributed by atoms with Crippen molar-refractivity contribution in [3.8, 4) is 0 Å². The summed E-state index contributed by atoms with van der Waals surface area (Å²) >= 11 is 0. The van der Waals surface area contributed by atoms with E-state index in [2.05, 4.69) is 5.32 Å². The van der Waals surface area contributed by atoms with Crippen LogP contribution in [0.25, 0.3) is 0 Å². The van der Waals surface area contributed by atoms with Gasteiger partial charge in [-0.3, -0.25) is 4.79 Å². The summed E-state index contributed by atoms with van der Waals surface area (Å²) < 4.78 is 5.29. The van der Waals surface area contributed by atoms with E-state index in [1.165, 1.54) is 0 Å². The maximum absolute atomic E-state index is 11.6. The van der Waals surface area contributed by atoms with Crippen molar-refractivity contribution in [3.05, 3.63) is 0 Å². The number of carbonyl (C=O) groups is 1. The highest BCUT2D eigenvalue weighted by Gasteiger charge is 2.25. The summed E-state index contributed by atoms with van der Waals surface area (Å²) in [7, 11) is 0. The average molecular weight is 200 g/mol. The molecule has 14 heavy (non-hydrogen) atoms. The smallest absolute Gasteiger partial charge is 0.249 e. The molecule has 0 aromatic carbocycles. The van der Waals surface area contributed by atoms with E-state index in [1.54, 1.807) is 0 Å². The molecule has 0 aliphatic carbocycles. The van der Waals surface area contributed by atoms with Crippen molar-refractivity contribution in [1.82, 2.24) is 5.32 Å². The third-order valence-corrected chi connectivity index (χ3v) is 2.61. The Hall–Kier alpha value is -0.610. The molecule has 2 atom stereocenters. The number of hydrogen-bond donors (Lipinski definition) is 2. The van der Waals surface area contributed by atoms with E-state index >= 15 is 0 Å². The number of hydrogen-bond acceptors (Lipinski definition) is 3. The first-order valence-corrected chi connectivity index (χ1v) is 5.27. The van der Waals surface area contributed by atoms with Gasteiger partial charge in [0.15, 0.2) is 0 Å². The van der Waals surface area contributed by atoms with Gasteiger partial charge in [0.25, 0.3) is 0 Å². The van der Waals surface area contributed by atoms with Crippen molar-refractivity contribution in [1.29, 1.82) is 0 Å². The van der Waals surface area contributed by atoms with E-state index in [0.717, 1.165) is 12.8 Å². The van der Waals surface area contributed by atoms with Crippen LogP contribution >= 0.6 is 0 Å². The van der Waals surface area contributed by atoms with Crippen LogP contribution in [-0.2, 0) is 9.53 Å². The molecule has 0 bridgehead atoms. The molecule has 1 unspecified atom stereocenters. The predicted octanol–water partition coefficient (Wildman–Crippen LogP) is 0.265. The second kappa shape index (κ2) is 5.32. The van der Waals surface area contributed by atoms with Gasteiger partial charge in [-0.25, -0.2) is 0 Å². The lowest BCUT2D eigenvalue weighted by molar-refractivity contribution is -0.131. The van der Waals surface area contributed by atoms with E-state index in [4.69, 9.17) is 10.5 Å². The van der Waals surface area contributed by atoms with Crippen LogP contribution < -0.4 is 11.1 Å². The molecule has 1 aliphatic heterocycles. The van der Waals surface area contributed by atoms with Crippen molar-refractivity contribution in [2.75, 3.05) is 13.2 Å². The SMILES string of the molecule is CC(C)C(CN)NC(=O)[C@@H]1CCCO1. The van der Waals surface area contributed by atoms with E-state index in [9.17, 15) is 4.79 Å². The summed E-state index contributed by atoms with van der Waals surface area (Å²) in [5.41, 5.74) is 5.57. The summed E-state index contributed by atoms with van der Waals surface area (Å²) in [6.07, 6.45) is 1.57. The minimum absolute atomic E-state index is 0.00773. The summed E-state index contributed by atoms with van der Waals surface area (Å²) in [6.45, 7) is 5.28. The minimum atomic E-state index is -0.247. The standard InChI is InChI=1S/C10H20N2O2/c1-7(2)8(6-11)12-10(13)9-4-3-5-14-9/h7-9H,3-6,11H2,1-2H3,(H,12,13)/t8?,9-/m0/s1. The topological polar surface area (TPSA) is 64.3 Å². The Morgan fingerprint density at radius 1 is 1.64 bits per heavy atom. The second-order valence-electron chi connectivity index (χ2n) is 4.10. The van der Waals surface area contributed by atoms with Crippen LogP contribution in [0.4, 0.5) is 0 Å². The normalized spacial score (nSPS) is 23.9. The Kier molecular flexibility index (Phi) is 4.35. The van der Waals surface area contributed by atoms with Crippen molar-refractivity contribution in [3.63, 3.8) is 0 Å². The third-order valence-electron chi connectivity index (χ3n) is 2.61. The Labute approximate surface area is 85.2 Å². The fraction of sp³-hybridized carbons (Fsp3) is 0.900. The zero-order chi connectivity index (χ0) is 10.6. The molecule has 1 aliphatic rings. The van der Waals surface area contributed by atoms with Gasteiger partial charge >= 0.3 is 0 Å². The van der Waals surface area contributed by atoms with Gasteiger partial charge in [-0.1, -0.05) is 13.8 Å². The van der Waals surface area contributed by atoms with Crippen LogP contribution in [0.3, 0.4) is 0 Å². The molecule has 3 N–H and O–H groups in total. The fourth-order valence-electron chi connectivity index (χ4n) is 1.56. The first-order valence-electron chi connectivity index (χ1n) is 5.27. The van der Waals surface area contributed by atoms with Gasteiger partial charge in [0, 0.05) is 19.2 Å². The Morgan fingerprint density at radius 2 is 2.36 bits per heavy atom. The minimum Gasteiger partial charge on any atom is -0.368 e. The molecule has 1 rings (SSSR count). The van der Waals surface area contributed by atoms with Crippen LogP contribution in [0, 0.1) is 5.92 Å². The Balaban J connectivity index is 2.37. The average Bonchev–Trinajstić information content (AvgIpc) is 2.65. The predicted molar refractivity (Wildman–Crippen MR) is 54.8 cm³/mol. The van der Waals surface area contributed by atoms with Gasteiger partial charge in [-0.2, -0.15) is 0 Å². The molecule has 1 fully saturated rings. The number of nitrogens with one attached hydrogen (secondary N) is 1. The maximum atomic E-state index is 11.6. The van der Waals surface area contributed by atoms with Gasteiger partial charge in [-0.15, -0.1) is 0 Å². The van der Waals surface area contributed by atoms with Crippen molar-refractivity contribution in [2.24, 2.45) is 11.7 Å². The summed E-state index contributed by atoms with van der Waals surface area (Å²) in [6, 6.07) is 0.0618. The molecule has 0 saturated carbocycles. The molecule has 4 nitrogen and oxygen atoms in total. The summed E-state index contributed by atoms with van der Waals surface area (Å²) in [5.74, 6) is 0.358.